The third kappa shape index (κ3) is 3.94. The summed E-state index contributed by atoms with van der Waals surface area (Å²) >= 11 is 0. The number of hydrogen-bond acceptors (Lipinski definition) is 3. The Bertz CT molecular complexity index is 589. The molecule has 3 nitrogen and oxygen atoms in total. The fraction of sp³-hybridized carbons (Fsp3) is 0.368. The fourth-order valence-electron chi connectivity index (χ4n) is 2.84. The molecule has 3 heteroatoms. The third-order valence-electron chi connectivity index (χ3n) is 4.09. The van der Waals surface area contributed by atoms with Crippen molar-refractivity contribution in [3.63, 3.8) is 0 Å². The van der Waals surface area contributed by atoms with Crippen molar-refractivity contribution in [2.45, 2.75) is 38.3 Å². The minimum Gasteiger partial charge on any atom is -0.497 e. The summed E-state index contributed by atoms with van der Waals surface area (Å²) < 4.78 is 11.2. The van der Waals surface area contributed by atoms with Gasteiger partial charge in [0.1, 0.15) is 11.5 Å². The second-order valence-electron chi connectivity index (χ2n) is 5.75. The van der Waals surface area contributed by atoms with E-state index in [4.69, 9.17) is 9.47 Å². The Morgan fingerprint density at radius 1 is 1.00 bits per heavy atom. The number of nitrogens with one attached hydrogen (secondary N) is 1. The fourth-order valence-corrected chi connectivity index (χ4v) is 2.84. The van der Waals surface area contributed by atoms with Crippen LogP contribution in [0.5, 0.6) is 11.5 Å². The van der Waals surface area contributed by atoms with E-state index in [1.54, 1.807) is 7.11 Å². The first-order chi connectivity index (χ1) is 10.8. The zero-order chi connectivity index (χ0) is 15.2. The van der Waals surface area contributed by atoms with Crippen molar-refractivity contribution in [1.82, 2.24) is 0 Å². The Hall–Kier alpha value is -2.16. The predicted molar refractivity (Wildman–Crippen MR) is 89.6 cm³/mol. The van der Waals surface area contributed by atoms with Gasteiger partial charge in [-0.2, -0.15) is 0 Å². The Kier molecular flexibility index (Phi) is 4.84. The smallest absolute Gasteiger partial charge is 0.120 e. The van der Waals surface area contributed by atoms with E-state index in [2.05, 4.69) is 29.6 Å². The molecule has 0 heterocycles. The topological polar surface area (TPSA) is 30.5 Å². The van der Waals surface area contributed by atoms with Gasteiger partial charge in [-0.1, -0.05) is 12.1 Å². The third-order valence-corrected chi connectivity index (χ3v) is 4.09. The van der Waals surface area contributed by atoms with Crippen LogP contribution in [-0.4, -0.2) is 13.2 Å². The summed E-state index contributed by atoms with van der Waals surface area (Å²) in [6, 6.07) is 16.3. The highest BCUT2D eigenvalue weighted by molar-refractivity contribution is 5.47. The number of anilines is 1. The molecule has 0 aromatic heterocycles. The van der Waals surface area contributed by atoms with Crippen LogP contribution in [0.15, 0.2) is 48.5 Å². The van der Waals surface area contributed by atoms with E-state index in [0.29, 0.717) is 6.10 Å². The van der Waals surface area contributed by atoms with Gasteiger partial charge in [0.2, 0.25) is 0 Å². The van der Waals surface area contributed by atoms with Crippen molar-refractivity contribution in [3.8, 4) is 11.5 Å². The lowest BCUT2D eigenvalue weighted by Gasteiger charge is -2.14. The molecule has 22 heavy (non-hydrogen) atoms. The molecule has 1 aliphatic rings. The molecule has 3 rings (SSSR count). The Balaban J connectivity index is 1.57. The number of benzene rings is 2. The minimum absolute atomic E-state index is 0.407. The van der Waals surface area contributed by atoms with Gasteiger partial charge >= 0.3 is 0 Å². The van der Waals surface area contributed by atoms with Crippen LogP contribution in [0.2, 0.25) is 0 Å². The Labute approximate surface area is 132 Å². The van der Waals surface area contributed by atoms with Crippen LogP contribution in [0.3, 0.4) is 0 Å². The maximum Gasteiger partial charge on any atom is 0.120 e. The van der Waals surface area contributed by atoms with E-state index in [1.807, 2.05) is 24.3 Å². The first-order valence-electron chi connectivity index (χ1n) is 7.97. The molecule has 1 saturated carbocycles. The largest absolute Gasteiger partial charge is 0.497 e. The molecule has 116 valence electrons. The molecule has 0 aliphatic heterocycles. The molecule has 1 fully saturated rings. The quantitative estimate of drug-likeness (QED) is 0.843. The molecule has 0 unspecified atom stereocenters. The molecule has 1 aliphatic carbocycles. The van der Waals surface area contributed by atoms with Crippen molar-refractivity contribution in [2.75, 3.05) is 12.4 Å². The summed E-state index contributed by atoms with van der Waals surface area (Å²) in [6.45, 7) is 0.786. The van der Waals surface area contributed by atoms with Crippen molar-refractivity contribution in [2.24, 2.45) is 0 Å². The molecule has 0 bridgehead atoms. The monoisotopic (exact) mass is 297 g/mol. The summed E-state index contributed by atoms with van der Waals surface area (Å²) in [4.78, 5) is 0. The highest BCUT2D eigenvalue weighted by Gasteiger charge is 2.16. The average molecular weight is 297 g/mol. The van der Waals surface area contributed by atoms with Crippen LogP contribution in [0.25, 0.3) is 0 Å². The summed E-state index contributed by atoms with van der Waals surface area (Å²) in [5.74, 6) is 1.86. The molecule has 2 aromatic carbocycles. The normalized spacial score (nSPS) is 14.8. The number of rotatable bonds is 6. The van der Waals surface area contributed by atoms with E-state index >= 15 is 0 Å². The second-order valence-corrected chi connectivity index (χ2v) is 5.75. The zero-order valence-corrected chi connectivity index (χ0v) is 13.0. The first kappa shape index (κ1) is 14.8. The molecule has 2 aromatic rings. The van der Waals surface area contributed by atoms with Gasteiger partial charge in [-0.15, -0.1) is 0 Å². The maximum atomic E-state index is 6.05. The maximum absolute atomic E-state index is 6.05. The van der Waals surface area contributed by atoms with E-state index in [-0.39, 0.29) is 0 Å². The standard InChI is InChI=1S/C19H23NO2/c1-21-17-11-9-16(10-12-17)20-14-15-5-4-8-19(13-15)22-18-6-2-3-7-18/h4-5,8-13,18,20H,2-3,6-7,14H2,1H3. The molecular weight excluding hydrogens is 274 g/mol. The van der Waals surface area contributed by atoms with Crippen LogP contribution in [-0.2, 0) is 6.54 Å². The van der Waals surface area contributed by atoms with Gasteiger partial charge in [-0.25, -0.2) is 0 Å². The van der Waals surface area contributed by atoms with Gasteiger partial charge in [0, 0.05) is 12.2 Å². The molecule has 0 spiro atoms. The van der Waals surface area contributed by atoms with Gasteiger partial charge in [-0.05, 0) is 67.6 Å². The number of ether oxygens (including phenoxy) is 2. The van der Waals surface area contributed by atoms with E-state index in [0.717, 1.165) is 23.7 Å². The van der Waals surface area contributed by atoms with Crippen molar-refractivity contribution in [1.29, 1.82) is 0 Å². The van der Waals surface area contributed by atoms with Crippen LogP contribution in [0, 0.1) is 0 Å². The molecular formula is C19H23NO2. The second kappa shape index (κ2) is 7.21. The molecule has 1 N–H and O–H groups in total. The number of hydrogen-bond donors (Lipinski definition) is 1. The number of methoxy groups -OCH3 is 1. The van der Waals surface area contributed by atoms with Crippen molar-refractivity contribution in [3.05, 3.63) is 54.1 Å². The Morgan fingerprint density at radius 3 is 2.50 bits per heavy atom. The van der Waals surface area contributed by atoms with Gasteiger partial charge in [0.05, 0.1) is 13.2 Å². The molecule has 0 amide bonds. The summed E-state index contributed by atoms with van der Waals surface area (Å²) in [6.07, 6.45) is 5.37. The minimum atomic E-state index is 0.407. The highest BCUT2D eigenvalue weighted by Crippen LogP contribution is 2.25. The van der Waals surface area contributed by atoms with Crippen LogP contribution in [0.4, 0.5) is 5.69 Å². The summed E-state index contributed by atoms with van der Waals surface area (Å²) in [5, 5.41) is 3.42. The SMILES string of the molecule is COc1ccc(NCc2cccc(OC3CCCC3)c2)cc1. The van der Waals surface area contributed by atoms with Gasteiger partial charge in [-0.3, -0.25) is 0 Å². The predicted octanol–water partition coefficient (Wildman–Crippen LogP) is 4.63. The molecule has 0 atom stereocenters. The van der Waals surface area contributed by atoms with Gasteiger partial charge in [0.15, 0.2) is 0 Å². The van der Waals surface area contributed by atoms with E-state index in [1.165, 1.54) is 31.2 Å². The van der Waals surface area contributed by atoms with Crippen LogP contribution in [0.1, 0.15) is 31.2 Å². The lowest BCUT2D eigenvalue weighted by atomic mass is 10.2. The average Bonchev–Trinajstić information content (AvgIpc) is 3.07. The Morgan fingerprint density at radius 2 is 1.77 bits per heavy atom. The van der Waals surface area contributed by atoms with E-state index in [9.17, 15) is 0 Å². The summed E-state index contributed by atoms with van der Waals surface area (Å²) in [7, 11) is 1.68. The van der Waals surface area contributed by atoms with Gasteiger partial charge in [0.25, 0.3) is 0 Å². The molecule has 0 saturated heterocycles. The first-order valence-corrected chi connectivity index (χ1v) is 7.97. The lowest BCUT2D eigenvalue weighted by Crippen LogP contribution is -2.11. The summed E-state index contributed by atoms with van der Waals surface area (Å²) in [5.41, 5.74) is 2.31. The van der Waals surface area contributed by atoms with Crippen LogP contribution >= 0.6 is 0 Å². The molecule has 0 radical (unpaired) electrons. The van der Waals surface area contributed by atoms with Gasteiger partial charge < -0.3 is 14.8 Å². The van der Waals surface area contributed by atoms with Crippen LogP contribution < -0.4 is 14.8 Å². The lowest BCUT2D eigenvalue weighted by molar-refractivity contribution is 0.210. The highest BCUT2D eigenvalue weighted by atomic mass is 16.5. The van der Waals surface area contributed by atoms with Crippen molar-refractivity contribution >= 4 is 5.69 Å². The van der Waals surface area contributed by atoms with Crippen molar-refractivity contribution < 1.29 is 9.47 Å². The van der Waals surface area contributed by atoms with E-state index < -0.39 is 0 Å². The zero-order valence-electron chi connectivity index (χ0n) is 13.0.